The molecule has 2 aromatic rings. The molecule has 1 heterocycles. The molecule has 1 fully saturated rings. The lowest BCUT2D eigenvalue weighted by atomic mass is 10.3. The van der Waals surface area contributed by atoms with Crippen molar-refractivity contribution in [2.45, 2.75) is 11.8 Å². The number of rotatable bonds is 6. The molecule has 2 amide bonds. The highest BCUT2D eigenvalue weighted by molar-refractivity contribution is 7.92. The second kappa shape index (κ2) is 9.78. The number of sulfonamides is 1. The van der Waals surface area contributed by atoms with Crippen molar-refractivity contribution in [2.24, 2.45) is 0 Å². The van der Waals surface area contributed by atoms with Gasteiger partial charge in [-0.3, -0.25) is 9.10 Å². The SMILES string of the molecule is CCOC(=O)N1CCN(C(=O)CN(c2ccccc2)S(=O)(=O)c2ccc(F)cc2)CC1. The zero-order valence-corrected chi connectivity index (χ0v) is 17.9. The minimum Gasteiger partial charge on any atom is -0.450 e. The van der Waals surface area contributed by atoms with Gasteiger partial charge in [0.15, 0.2) is 0 Å². The van der Waals surface area contributed by atoms with Crippen LogP contribution in [0.4, 0.5) is 14.9 Å². The Morgan fingerprint density at radius 2 is 1.55 bits per heavy atom. The van der Waals surface area contributed by atoms with Crippen molar-refractivity contribution >= 4 is 27.7 Å². The monoisotopic (exact) mass is 449 g/mol. The van der Waals surface area contributed by atoms with E-state index in [0.29, 0.717) is 18.8 Å². The standard InChI is InChI=1S/C21H24FN3O5S/c1-2-30-21(27)24-14-12-23(13-15-24)20(26)16-25(18-6-4-3-5-7-18)31(28,29)19-10-8-17(22)9-11-19/h3-11H,2,12-16H2,1H3. The molecule has 10 heteroatoms. The molecule has 0 unspecified atom stereocenters. The lowest BCUT2D eigenvalue weighted by Gasteiger charge is -2.35. The van der Waals surface area contributed by atoms with Crippen LogP contribution in [0, 0.1) is 5.82 Å². The minimum atomic E-state index is -4.10. The van der Waals surface area contributed by atoms with Crippen LogP contribution in [-0.2, 0) is 19.6 Å². The van der Waals surface area contributed by atoms with Crippen molar-refractivity contribution < 1.29 is 27.1 Å². The number of hydrogen-bond donors (Lipinski definition) is 0. The third-order valence-corrected chi connectivity index (χ3v) is 6.67. The van der Waals surface area contributed by atoms with Gasteiger partial charge in [-0.15, -0.1) is 0 Å². The highest BCUT2D eigenvalue weighted by Crippen LogP contribution is 2.24. The van der Waals surface area contributed by atoms with Crippen LogP contribution in [0.25, 0.3) is 0 Å². The fourth-order valence-corrected chi connectivity index (χ4v) is 4.63. The van der Waals surface area contributed by atoms with E-state index in [1.54, 1.807) is 37.3 Å². The van der Waals surface area contributed by atoms with E-state index in [1.807, 2.05) is 0 Å². The molecule has 0 radical (unpaired) electrons. The number of carbonyl (C=O) groups is 2. The summed E-state index contributed by atoms with van der Waals surface area (Å²) < 4.78 is 45.7. The van der Waals surface area contributed by atoms with E-state index in [1.165, 1.54) is 21.9 Å². The highest BCUT2D eigenvalue weighted by atomic mass is 32.2. The van der Waals surface area contributed by atoms with Gasteiger partial charge in [0.1, 0.15) is 12.4 Å². The summed E-state index contributed by atoms with van der Waals surface area (Å²) in [4.78, 5) is 27.7. The number of benzene rings is 2. The first kappa shape index (κ1) is 22.5. The Hall–Kier alpha value is -3.14. The molecule has 1 aliphatic rings. The summed E-state index contributed by atoms with van der Waals surface area (Å²) in [6, 6.07) is 12.7. The van der Waals surface area contributed by atoms with Crippen LogP contribution >= 0.6 is 0 Å². The molecular weight excluding hydrogens is 425 g/mol. The molecule has 0 saturated carbocycles. The summed E-state index contributed by atoms with van der Waals surface area (Å²) in [5.74, 6) is -0.946. The normalized spacial score (nSPS) is 14.3. The average molecular weight is 450 g/mol. The first-order chi connectivity index (χ1) is 14.8. The fourth-order valence-electron chi connectivity index (χ4n) is 3.22. The van der Waals surface area contributed by atoms with Gasteiger partial charge in [0.05, 0.1) is 17.2 Å². The number of anilines is 1. The Morgan fingerprint density at radius 3 is 2.13 bits per heavy atom. The average Bonchev–Trinajstić information content (AvgIpc) is 2.78. The molecule has 0 N–H and O–H groups in total. The van der Waals surface area contributed by atoms with Crippen molar-refractivity contribution in [1.29, 1.82) is 0 Å². The van der Waals surface area contributed by atoms with Crippen molar-refractivity contribution in [1.82, 2.24) is 9.80 Å². The van der Waals surface area contributed by atoms with Crippen LogP contribution in [-0.4, -0.2) is 69.5 Å². The molecule has 3 rings (SSSR count). The van der Waals surface area contributed by atoms with E-state index in [-0.39, 0.29) is 24.6 Å². The lowest BCUT2D eigenvalue weighted by molar-refractivity contribution is -0.131. The Bertz CT molecular complexity index is 1010. The number of carbonyl (C=O) groups excluding carboxylic acids is 2. The highest BCUT2D eigenvalue weighted by Gasteiger charge is 2.31. The summed E-state index contributed by atoms with van der Waals surface area (Å²) in [6.07, 6.45) is -0.431. The number of piperazine rings is 1. The second-order valence-electron chi connectivity index (χ2n) is 6.87. The van der Waals surface area contributed by atoms with Gasteiger partial charge in [0.25, 0.3) is 10.0 Å². The van der Waals surface area contributed by atoms with Crippen LogP contribution in [0.15, 0.2) is 59.5 Å². The number of nitrogens with zero attached hydrogens (tertiary/aromatic N) is 3. The summed E-state index contributed by atoms with van der Waals surface area (Å²) in [7, 11) is -4.10. The van der Waals surface area contributed by atoms with Crippen LogP contribution in [0.2, 0.25) is 0 Å². The Balaban J connectivity index is 1.78. The zero-order valence-electron chi connectivity index (χ0n) is 17.1. The number of para-hydroxylation sites is 1. The fraction of sp³-hybridized carbons (Fsp3) is 0.333. The van der Waals surface area contributed by atoms with Crippen LogP contribution in [0.1, 0.15) is 6.92 Å². The van der Waals surface area contributed by atoms with Crippen molar-refractivity contribution in [3.8, 4) is 0 Å². The van der Waals surface area contributed by atoms with Crippen LogP contribution < -0.4 is 4.31 Å². The van der Waals surface area contributed by atoms with Gasteiger partial charge in [0, 0.05) is 26.2 Å². The molecule has 0 aliphatic carbocycles. The van der Waals surface area contributed by atoms with Gasteiger partial charge in [0.2, 0.25) is 5.91 Å². The molecule has 1 saturated heterocycles. The largest absolute Gasteiger partial charge is 0.450 e. The second-order valence-corrected chi connectivity index (χ2v) is 8.73. The molecule has 0 aromatic heterocycles. The van der Waals surface area contributed by atoms with Gasteiger partial charge in [-0.1, -0.05) is 18.2 Å². The first-order valence-electron chi connectivity index (χ1n) is 9.85. The maximum absolute atomic E-state index is 13.3. The predicted octanol–water partition coefficient (Wildman–Crippen LogP) is 2.32. The number of ether oxygens (including phenoxy) is 1. The Labute approximate surface area is 180 Å². The third kappa shape index (κ3) is 5.32. The molecular formula is C21H24FN3O5S. The van der Waals surface area contributed by atoms with E-state index in [2.05, 4.69) is 0 Å². The Kier molecular flexibility index (Phi) is 7.11. The minimum absolute atomic E-state index is 0.113. The van der Waals surface area contributed by atoms with Crippen molar-refractivity contribution in [3.63, 3.8) is 0 Å². The lowest BCUT2D eigenvalue weighted by Crippen LogP contribution is -2.53. The van der Waals surface area contributed by atoms with Crippen LogP contribution in [0.5, 0.6) is 0 Å². The zero-order chi connectivity index (χ0) is 22.4. The molecule has 0 atom stereocenters. The molecule has 1 aliphatic heterocycles. The van der Waals surface area contributed by atoms with Gasteiger partial charge >= 0.3 is 6.09 Å². The molecule has 2 aromatic carbocycles. The van der Waals surface area contributed by atoms with Gasteiger partial charge in [-0.25, -0.2) is 17.6 Å². The molecule has 166 valence electrons. The van der Waals surface area contributed by atoms with Crippen LogP contribution in [0.3, 0.4) is 0 Å². The van der Waals surface area contributed by atoms with E-state index < -0.39 is 34.4 Å². The summed E-state index contributed by atoms with van der Waals surface area (Å²) >= 11 is 0. The Morgan fingerprint density at radius 1 is 0.968 bits per heavy atom. The maximum Gasteiger partial charge on any atom is 0.409 e. The summed E-state index contributed by atoms with van der Waals surface area (Å²) in [6.45, 7) is 2.74. The number of amides is 2. The van der Waals surface area contributed by atoms with Gasteiger partial charge < -0.3 is 14.5 Å². The third-order valence-electron chi connectivity index (χ3n) is 4.88. The van der Waals surface area contributed by atoms with E-state index in [9.17, 15) is 22.4 Å². The van der Waals surface area contributed by atoms with E-state index >= 15 is 0 Å². The van der Waals surface area contributed by atoms with Gasteiger partial charge in [-0.05, 0) is 43.3 Å². The number of halogens is 1. The van der Waals surface area contributed by atoms with Gasteiger partial charge in [-0.2, -0.15) is 0 Å². The molecule has 0 spiro atoms. The van der Waals surface area contributed by atoms with E-state index in [0.717, 1.165) is 16.4 Å². The molecule has 0 bridgehead atoms. The topological polar surface area (TPSA) is 87.2 Å². The maximum atomic E-state index is 13.3. The molecule has 8 nitrogen and oxygen atoms in total. The van der Waals surface area contributed by atoms with E-state index in [4.69, 9.17) is 4.74 Å². The first-order valence-corrected chi connectivity index (χ1v) is 11.3. The van der Waals surface area contributed by atoms with Crippen molar-refractivity contribution in [3.05, 3.63) is 60.4 Å². The smallest absolute Gasteiger partial charge is 0.409 e. The summed E-state index contributed by atoms with van der Waals surface area (Å²) in [5.41, 5.74) is 0.324. The quantitative estimate of drug-likeness (QED) is 0.676. The molecule has 31 heavy (non-hydrogen) atoms. The number of hydrogen-bond acceptors (Lipinski definition) is 5. The van der Waals surface area contributed by atoms with Crippen molar-refractivity contribution in [2.75, 3.05) is 43.6 Å². The summed E-state index contributed by atoms with van der Waals surface area (Å²) in [5, 5.41) is 0. The predicted molar refractivity (Wildman–Crippen MR) is 113 cm³/mol.